The zero-order chi connectivity index (χ0) is 16.4. The average molecular weight is 317 g/mol. The number of fused-ring (bicyclic) bond motifs is 3. The summed E-state index contributed by atoms with van der Waals surface area (Å²) in [6.45, 7) is 8.10. The van der Waals surface area contributed by atoms with Gasteiger partial charge < -0.3 is 9.64 Å². The zero-order valence-electron chi connectivity index (χ0n) is 13.6. The molecule has 0 atom stereocenters. The minimum absolute atomic E-state index is 0.0959. The molecule has 0 fully saturated rings. The van der Waals surface area contributed by atoms with Gasteiger partial charge in [-0.2, -0.15) is 5.10 Å². The van der Waals surface area contributed by atoms with E-state index in [4.69, 9.17) is 4.74 Å². The second-order valence-corrected chi connectivity index (χ2v) is 6.24. The standard InChI is InChI=1S/C17H23N3O3/c1-3-4-9-23-17(22)19-8-7-14-13(11-19)16-15(21)6-5-12(2)10-20(16)18-14/h2-11H2,1H3. The van der Waals surface area contributed by atoms with Gasteiger partial charge in [-0.25, -0.2) is 4.79 Å². The monoisotopic (exact) mass is 317 g/mol. The van der Waals surface area contributed by atoms with E-state index >= 15 is 0 Å². The molecular formula is C17H23N3O3. The fourth-order valence-electron chi connectivity index (χ4n) is 3.10. The van der Waals surface area contributed by atoms with Crippen LogP contribution in [-0.4, -0.2) is 39.7 Å². The zero-order valence-corrected chi connectivity index (χ0v) is 13.6. The minimum atomic E-state index is -0.297. The summed E-state index contributed by atoms with van der Waals surface area (Å²) in [7, 11) is 0. The summed E-state index contributed by atoms with van der Waals surface area (Å²) >= 11 is 0. The largest absolute Gasteiger partial charge is 0.449 e. The maximum atomic E-state index is 12.4. The normalized spacial score (nSPS) is 17.5. The molecule has 0 aromatic carbocycles. The molecule has 2 aliphatic rings. The quantitative estimate of drug-likeness (QED) is 0.635. The van der Waals surface area contributed by atoms with Gasteiger partial charge in [0.2, 0.25) is 0 Å². The van der Waals surface area contributed by atoms with Crippen molar-refractivity contribution in [3.8, 4) is 0 Å². The van der Waals surface area contributed by atoms with Gasteiger partial charge in [-0.1, -0.05) is 25.5 Å². The van der Waals surface area contributed by atoms with Crippen molar-refractivity contribution >= 4 is 11.9 Å². The SMILES string of the molecule is C=C1CCC(=O)c2c3c(nn2C1)CCN(C(=O)OCCCC)C3. The minimum Gasteiger partial charge on any atom is -0.449 e. The van der Waals surface area contributed by atoms with E-state index in [9.17, 15) is 9.59 Å². The number of carbonyl (C=O) groups excluding carboxylic acids is 2. The van der Waals surface area contributed by atoms with E-state index in [2.05, 4.69) is 18.6 Å². The Hall–Kier alpha value is -2.11. The number of Topliss-reactive ketones (excluding diaryl/α,β-unsaturated/α-hetero) is 1. The van der Waals surface area contributed by atoms with Crippen LogP contribution in [0.2, 0.25) is 0 Å². The molecule has 1 aromatic heterocycles. The molecular weight excluding hydrogens is 294 g/mol. The van der Waals surface area contributed by atoms with Crippen LogP contribution in [-0.2, 0) is 24.2 Å². The summed E-state index contributed by atoms with van der Waals surface area (Å²) in [5, 5.41) is 4.58. The summed E-state index contributed by atoms with van der Waals surface area (Å²) in [6, 6.07) is 0. The van der Waals surface area contributed by atoms with Gasteiger partial charge in [0, 0.05) is 24.9 Å². The Kier molecular flexibility index (Phi) is 4.50. The second kappa shape index (κ2) is 6.56. The summed E-state index contributed by atoms with van der Waals surface area (Å²) in [4.78, 5) is 26.3. The molecule has 0 saturated carbocycles. The first-order chi connectivity index (χ1) is 11.1. The topological polar surface area (TPSA) is 64.4 Å². The Morgan fingerprint density at radius 2 is 2.13 bits per heavy atom. The first-order valence-electron chi connectivity index (χ1n) is 8.30. The van der Waals surface area contributed by atoms with Crippen molar-refractivity contribution in [3.05, 3.63) is 29.1 Å². The third-order valence-electron chi connectivity index (χ3n) is 4.43. The number of hydrogen-bond donors (Lipinski definition) is 0. The first-order valence-corrected chi connectivity index (χ1v) is 8.30. The van der Waals surface area contributed by atoms with Gasteiger partial charge in [0.15, 0.2) is 5.78 Å². The summed E-state index contributed by atoms with van der Waals surface area (Å²) in [5.74, 6) is 0.0959. The fourth-order valence-corrected chi connectivity index (χ4v) is 3.10. The number of ether oxygens (including phenoxy) is 1. The summed E-state index contributed by atoms with van der Waals surface area (Å²) in [6.07, 6.45) is 3.41. The van der Waals surface area contributed by atoms with Crippen LogP contribution in [0.1, 0.15) is 54.4 Å². The fraction of sp³-hybridized carbons (Fsp3) is 0.588. The van der Waals surface area contributed by atoms with Crippen LogP contribution in [0.5, 0.6) is 0 Å². The maximum absolute atomic E-state index is 12.4. The molecule has 1 amide bonds. The van der Waals surface area contributed by atoms with Gasteiger partial charge in [-0.15, -0.1) is 0 Å². The molecule has 3 rings (SSSR count). The van der Waals surface area contributed by atoms with Crippen LogP contribution in [0.25, 0.3) is 0 Å². The predicted octanol–water partition coefficient (Wildman–Crippen LogP) is 2.71. The van der Waals surface area contributed by atoms with Crippen LogP contribution >= 0.6 is 0 Å². The van der Waals surface area contributed by atoms with Crippen molar-refractivity contribution in [1.29, 1.82) is 0 Å². The van der Waals surface area contributed by atoms with Crippen LogP contribution in [0.3, 0.4) is 0 Å². The highest BCUT2D eigenvalue weighted by atomic mass is 16.6. The lowest BCUT2D eigenvalue weighted by Crippen LogP contribution is -2.36. The van der Waals surface area contributed by atoms with Crippen molar-refractivity contribution in [1.82, 2.24) is 14.7 Å². The van der Waals surface area contributed by atoms with Gasteiger partial charge in [-0.3, -0.25) is 9.48 Å². The lowest BCUT2D eigenvalue weighted by Gasteiger charge is -2.26. The molecule has 6 nitrogen and oxygen atoms in total. The van der Waals surface area contributed by atoms with Crippen molar-refractivity contribution in [2.45, 2.75) is 52.1 Å². The Bertz CT molecular complexity index is 648. The molecule has 6 heteroatoms. The van der Waals surface area contributed by atoms with E-state index in [1.165, 1.54) is 0 Å². The number of allylic oxidation sites excluding steroid dienone is 1. The molecule has 2 aliphatic heterocycles. The highest BCUT2D eigenvalue weighted by Crippen LogP contribution is 2.27. The molecule has 0 spiro atoms. The number of unbranched alkanes of at least 4 members (excludes halogenated alkanes) is 1. The smallest absolute Gasteiger partial charge is 0.410 e. The van der Waals surface area contributed by atoms with E-state index < -0.39 is 0 Å². The van der Waals surface area contributed by atoms with Crippen LogP contribution in [0.4, 0.5) is 4.79 Å². The van der Waals surface area contributed by atoms with E-state index in [0.29, 0.717) is 51.2 Å². The van der Waals surface area contributed by atoms with E-state index in [-0.39, 0.29) is 11.9 Å². The molecule has 3 heterocycles. The number of amides is 1. The van der Waals surface area contributed by atoms with Crippen molar-refractivity contribution in [3.63, 3.8) is 0 Å². The molecule has 124 valence electrons. The molecule has 0 N–H and O–H groups in total. The van der Waals surface area contributed by atoms with E-state index in [1.807, 2.05) is 0 Å². The van der Waals surface area contributed by atoms with Crippen LogP contribution in [0, 0.1) is 0 Å². The summed E-state index contributed by atoms with van der Waals surface area (Å²) in [5.41, 5.74) is 3.50. The lowest BCUT2D eigenvalue weighted by molar-refractivity contribution is 0.0937. The number of aromatic nitrogens is 2. The molecule has 0 saturated heterocycles. The molecule has 23 heavy (non-hydrogen) atoms. The molecule has 0 aliphatic carbocycles. The van der Waals surface area contributed by atoms with Gasteiger partial charge in [0.25, 0.3) is 0 Å². The van der Waals surface area contributed by atoms with Gasteiger partial charge >= 0.3 is 6.09 Å². The van der Waals surface area contributed by atoms with Gasteiger partial charge in [0.05, 0.1) is 25.4 Å². The van der Waals surface area contributed by atoms with Gasteiger partial charge in [0.1, 0.15) is 5.69 Å². The highest BCUT2D eigenvalue weighted by Gasteiger charge is 2.31. The van der Waals surface area contributed by atoms with Crippen molar-refractivity contribution in [2.24, 2.45) is 0 Å². The number of hydrogen-bond acceptors (Lipinski definition) is 4. The Morgan fingerprint density at radius 1 is 1.30 bits per heavy atom. The third-order valence-corrected chi connectivity index (χ3v) is 4.43. The molecule has 0 unspecified atom stereocenters. The first kappa shape index (κ1) is 15.8. The number of ketones is 1. The van der Waals surface area contributed by atoms with Crippen molar-refractivity contribution < 1.29 is 14.3 Å². The molecule has 0 radical (unpaired) electrons. The highest BCUT2D eigenvalue weighted by molar-refractivity contribution is 5.96. The van der Waals surface area contributed by atoms with Crippen molar-refractivity contribution in [2.75, 3.05) is 13.2 Å². The Morgan fingerprint density at radius 3 is 2.91 bits per heavy atom. The van der Waals surface area contributed by atoms with Gasteiger partial charge in [-0.05, 0) is 12.8 Å². The average Bonchev–Trinajstić information content (AvgIpc) is 2.82. The predicted molar refractivity (Wildman–Crippen MR) is 85.3 cm³/mol. The van der Waals surface area contributed by atoms with Crippen LogP contribution < -0.4 is 0 Å². The second-order valence-electron chi connectivity index (χ2n) is 6.24. The number of nitrogens with zero attached hydrogens (tertiary/aromatic N) is 3. The van der Waals surface area contributed by atoms with E-state index in [0.717, 1.165) is 29.7 Å². The van der Waals surface area contributed by atoms with Crippen LogP contribution in [0.15, 0.2) is 12.2 Å². The third kappa shape index (κ3) is 3.16. The Balaban J connectivity index is 1.79. The lowest BCUT2D eigenvalue weighted by atomic mass is 10.0. The number of carbonyl (C=O) groups is 2. The molecule has 0 bridgehead atoms. The Labute approximate surface area is 136 Å². The van der Waals surface area contributed by atoms with E-state index in [1.54, 1.807) is 9.58 Å². The number of rotatable bonds is 3. The summed E-state index contributed by atoms with van der Waals surface area (Å²) < 4.78 is 7.06. The molecule has 1 aromatic rings. The maximum Gasteiger partial charge on any atom is 0.410 e.